The van der Waals surface area contributed by atoms with Gasteiger partial charge in [0.25, 0.3) is 0 Å². The van der Waals surface area contributed by atoms with E-state index < -0.39 is 0 Å². The van der Waals surface area contributed by atoms with Crippen LogP contribution in [0.5, 0.6) is 0 Å². The number of nitrogens with one attached hydrogen (secondary N) is 1. The summed E-state index contributed by atoms with van der Waals surface area (Å²) in [5, 5.41) is 3.54. The number of ether oxygens (including phenoxy) is 1. The lowest BCUT2D eigenvalue weighted by Gasteiger charge is -2.33. The molecule has 0 radical (unpaired) electrons. The Balaban J connectivity index is 1.62. The average Bonchev–Trinajstić information content (AvgIpc) is 3.18. The maximum atomic E-state index is 11.7. The van der Waals surface area contributed by atoms with Crippen LogP contribution in [-0.2, 0) is 4.74 Å². The van der Waals surface area contributed by atoms with Gasteiger partial charge < -0.3 is 19.5 Å². The van der Waals surface area contributed by atoms with Gasteiger partial charge in [-0.05, 0) is 39.2 Å². The number of aromatic nitrogens is 2. The van der Waals surface area contributed by atoms with E-state index in [4.69, 9.17) is 4.74 Å². The fraction of sp³-hybridized carbons (Fsp3) is 0.733. The highest BCUT2D eigenvalue weighted by atomic mass is 16.6. The van der Waals surface area contributed by atoms with Gasteiger partial charge in [0.1, 0.15) is 0 Å². The highest BCUT2D eigenvalue weighted by Gasteiger charge is 2.28. The minimum absolute atomic E-state index is 0.181. The van der Waals surface area contributed by atoms with E-state index in [2.05, 4.69) is 14.9 Å². The Kier molecular flexibility index (Phi) is 4.43. The number of hydrogen-bond acceptors (Lipinski definition) is 4. The van der Waals surface area contributed by atoms with E-state index in [-0.39, 0.29) is 6.09 Å². The smallest absolute Gasteiger partial charge is 0.409 e. The van der Waals surface area contributed by atoms with Crippen molar-refractivity contribution in [2.75, 3.05) is 26.2 Å². The van der Waals surface area contributed by atoms with Crippen LogP contribution in [0.15, 0.2) is 12.5 Å². The van der Waals surface area contributed by atoms with Crippen LogP contribution in [-0.4, -0.2) is 46.8 Å². The molecule has 6 heteroatoms. The number of piperidine rings is 1. The van der Waals surface area contributed by atoms with Crippen LogP contribution in [0, 0.1) is 0 Å². The summed E-state index contributed by atoms with van der Waals surface area (Å²) in [4.78, 5) is 17.9. The van der Waals surface area contributed by atoms with Gasteiger partial charge in [0.15, 0.2) is 0 Å². The Bertz CT molecular complexity index is 474. The first kappa shape index (κ1) is 14.4. The summed E-state index contributed by atoms with van der Waals surface area (Å²) in [5.41, 5.74) is 1.29. The predicted molar refractivity (Wildman–Crippen MR) is 79.1 cm³/mol. The summed E-state index contributed by atoms with van der Waals surface area (Å²) in [7, 11) is 0. The van der Waals surface area contributed by atoms with Gasteiger partial charge in [-0.1, -0.05) is 0 Å². The molecule has 0 bridgehead atoms. The van der Waals surface area contributed by atoms with Crippen molar-refractivity contribution in [1.29, 1.82) is 0 Å². The Morgan fingerprint density at radius 1 is 1.43 bits per heavy atom. The van der Waals surface area contributed by atoms with Crippen molar-refractivity contribution in [3.63, 3.8) is 0 Å². The van der Waals surface area contributed by atoms with Gasteiger partial charge >= 0.3 is 6.09 Å². The largest absolute Gasteiger partial charge is 0.450 e. The molecule has 2 saturated heterocycles. The number of amides is 1. The summed E-state index contributed by atoms with van der Waals surface area (Å²) in [6.07, 6.45) is 8.11. The summed E-state index contributed by atoms with van der Waals surface area (Å²) in [6, 6.07) is 0.881. The van der Waals surface area contributed by atoms with Gasteiger partial charge in [-0.3, -0.25) is 0 Å². The predicted octanol–water partition coefficient (Wildman–Crippen LogP) is 2.10. The lowest BCUT2D eigenvalue weighted by molar-refractivity contribution is 0.0923. The van der Waals surface area contributed by atoms with E-state index >= 15 is 0 Å². The summed E-state index contributed by atoms with van der Waals surface area (Å²) >= 11 is 0. The van der Waals surface area contributed by atoms with Crippen molar-refractivity contribution >= 4 is 6.09 Å². The van der Waals surface area contributed by atoms with Crippen LogP contribution in [0.4, 0.5) is 4.79 Å². The van der Waals surface area contributed by atoms with Crippen molar-refractivity contribution in [1.82, 2.24) is 19.8 Å². The van der Waals surface area contributed by atoms with E-state index in [0.717, 1.165) is 32.5 Å². The lowest BCUT2D eigenvalue weighted by Crippen LogP contribution is -2.39. The summed E-state index contributed by atoms with van der Waals surface area (Å²) in [6.45, 7) is 4.91. The molecule has 0 aromatic carbocycles. The van der Waals surface area contributed by atoms with Crippen molar-refractivity contribution < 1.29 is 9.53 Å². The first-order valence-corrected chi connectivity index (χ1v) is 7.96. The molecule has 21 heavy (non-hydrogen) atoms. The molecule has 2 fully saturated rings. The fourth-order valence-electron chi connectivity index (χ4n) is 3.37. The number of rotatable bonds is 3. The number of carbonyl (C=O) groups excluding carboxylic acids is 1. The number of likely N-dealkylation sites (tertiary alicyclic amines) is 1. The van der Waals surface area contributed by atoms with Crippen LogP contribution in [0.2, 0.25) is 0 Å². The SMILES string of the molecule is CCOC(=O)N1CCC(n2cncc2C2CCCN2)CC1. The lowest BCUT2D eigenvalue weighted by atomic mass is 10.0. The van der Waals surface area contributed by atoms with Gasteiger partial charge in [0.2, 0.25) is 0 Å². The fourth-order valence-corrected chi connectivity index (χ4v) is 3.37. The number of hydrogen-bond donors (Lipinski definition) is 1. The molecule has 1 atom stereocenters. The van der Waals surface area contributed by atoms with Crippen molar-refractivity contribution in [2.45, 2.75) is 44.7 Å². The third-order valence-corrected chi connectivity index (χ3v) is 4.50. The first-order valence-electron chi connectivity index (χ1n) is 7.96. The van der Waals surface area contributed by atoms with Gasteiger partial charge in [0.05, 0.1) is 18.6 Å². The Morgan fingerprint density at radius 2 is 2.24 bits per heavy atom. The molecule has 0 saturated carbocycles. The normalized spacial score (nSPS) is 23.5. The highest BCUT2D eigenvalue weighted by Crippen LogP contribution is 2.29. The molecular formula is C15H24N4O2. The molecule has 6 nitrogen and oxygen atoms in total. The van der Waals surface area contributed by atoms with Gasteiger partial charge in [0, 0.05) is 31.4 Å². The number of imidazole rings is 1. The Morgan fingerprint density at radius 3 is 2.90 bits per heavy atom. The minimum atomic E-state index is -0.181. The molecule has 2 aliphatic heterocycles. The standard InChI is InChI=1S/C15H24N4O2/c1-2-21-15(20)18-8-5-12(6-9-18)19-11-16-10-14(19)13-4-3-7-17-13/h10-13,17H,2-9H2,1H3. The molecule has 1 amide bonds. The molecule has 0 spiro atoms. The third-order valence-electron chi connectivity index (χ3n) is 4.50. The highest BCUT2D eigenvalue weighted by molar-refractivity contribution is 5.67. The summed E-state index contributed by atoms with van der Waals surface area (Å²) in [5.74, 6) is 0. The zero-order valence-electron chi connectivity index (χ0n) is 12.6. The third kappa shape index (κ3) is 3.05. The summed E-state index contributed by atoms with van der Waals surface area (Å²) < 4.78 is 7.38. The molecular weight excluding hydrogens is 268 g/mol. The molecule has 1 unspecified atom stereocenters. The number of carbonyl (C=O) groups is 1. The Hall–Kier alpha value is -1.56. The monoisotopic (exact) mass is 292 g/mol. The second-order valence-corrected chi connectivity index (χ2v) is 5.79. The van der Waals surface area contributed by atoms with E-state index in [9.17, 15) is 4.79 Å². The van der Waals surface area contributed by atoms with Crippen LogP contribution < -0.4 is 5.32 Å². The van der Waals surface area contributed by atoms with E-state index in [0.29, 0.717) is 18.7 Å². The molecule has 3 heterocycles. The molecule has 2 aliphatic rings. The van der Waals surface area contributed by atoms with Gasteiger partial charge in [-0.15, -0.1) is 0 Å². The molecule has 1 N–H and O–H groups in total. The van der Waals surface area contributed by atoms with Gasteiger partial charge in [-0.2, -0.15) is 0 Å². The van der Waals surface area contributed by atoms with Gasteiger partial charge in [-0.25, -0.2) is 9.78 Å². The van der Waals surface area contributed by atoms with Crippen LogP contribution in [0.25, 0.3) is 0 Å². The maximum absolute atomic E-state index is 11.7. The maximum Gasteiger partial charge on any atom is 0.409 e. The van der Waals surface area contributed by atoms with E-state index in [1.165, 1.54) is 18.5 Å². The van der Waals surface area contributed by atoms with E-state index in [1.807, 2.05) is 24.3 Å². The molecule has 1 aromatic heterocycles. The molecule has 116 valence electrons. The Labute approximate surface area is 125 Å². The van der Waals surface area contributed by atoms with Crippen LogP contribution in [0.1, 0.15) is 50.4 Å². The minimum Gasteiger partial charge on any atom is -0.450 e. The second kappa shape index (κ2) is 6.47. The zero-order chi connectivity index (χ0) is 14.7. The van der Waals surface area contributed by atoms with Crippen molar-refractivity contribution in [3.05, 3.63) is 18.2 Å². The molecule has 0 aliphatic carbocycles. The quantitative estimate of drug-likeness (QED) is 0.927. The second-order valence-electron chi connectivity index (χ2n) is 5.79. The average molecular weight is 292 g/mol. The number of nitrogens with zero attached hydrogens (tertiary/aromatic N) is 3. The van der Waals surface area contributed by atoms with Crippen molar-refractivity contribution in [2.24, 2.45) is 0 Å². The zero-order valence-corrected chi connectivity index (χ0v) is 12.6. The van der Waals surface area contributed by atoms with E-state index in [1.54, 1.807) is 0 Å². The first-order chi connectivity index (χ1) is 10.3. The van der Waals surface area contributed by atoms with Crippen LogP contribution >= 0.6 is 0 Å². The topological polar surface area (TPSA) is 59.4 Å². The van der Waals surface area contributed by atoms with Crippen molar-refractivity contribution in [3.8, 4) is 0 Å². The molecule has 1 aromatic rings. The van der Waals surface area contributed by atoms with Crippen LogP contribution in [0.3, 0.4) is 0 Å². The molecule has 3 rings (SSSR count).